The van der Waals surface area contributed by atoms with Gasteiger partial charge in [0.1, 0.15) is 11.5 Å². The molecule has 0 radical (unpaired) electrons. The average molecular weight is 570 g/mol. The molecule has 1 aromatic heterocycles. The van der Waals surface area contributed by atoms with Crippen LogP contribution in [-0.4, -0.2) is 64.4 Å². The number of nitrogens with zero attached hydrogens (tertiary/aromatic N) is 4. The van der Waals surface area contributed by atoms with Crippen molar-refractivity contribution in [2.75, 3.05) is 26.2 Å². The molecule has 2 aromatic carbocycles. The van der Waals surface area contributed by atoms with E-state index >= 15 is 4.39 Å². The van der Waals surface area contributed by atoms with Crippen molar-refractivity contribution in [3.8, 4) is 6.07 Å². The van der Waals surface area contributed by atoms with Gasteiger partial charge in [-0.15, -0.1) is 0 Å². The molecule has 2 fully saturated rings. The number of benzene rings is 2. The summed E-state index contributed by atoms with van der Waals surface area (Å²) in [6.07, 6.45) is 3.28. The zero-order valence-electron chi connectivity index (χ0n) is 23.4. The Morgan fingerprint density at radius 3 is 2.21 bits per heavy atom. The number of Topliss-reactive ketones (excluding diaryl/α,β-unsaturated/α-hetero) is 1. The molecule has 9 heteroatoms. The highest BCUT2D eigenvalue weighted by atomic mass is 19.1. The van der Waals surface area contributed by atoms with Gasteiger partial charge in [0.05, 0.1) is 11.6 Å². The number of halogens is 2. The number of likely N-dealkylation sites (tertiary alicyclic amines) is 2. The Morgan fingerprint density at radius 1 is 0.976 bits per heavy atom. The van der Waals surface area contributed by atoms with Gasteiger partial charge >= 0.3 is 0 Å². The largest absolute Gasteiger partial charge is 0.371 e. The zero-order chi connectivity index (χ0) is 29.7. The Labute approximate surface area is 244 Å². The van der Waals surface area contributed by atoms with E-state index in [2.05, 4.69) is 27.8 Å². The number of pyridine rings is 1. The van der Waals surface area contributed by atoms with Crippen molar-refractivity contribution in [3.05, 3.63) is 107 Å². The van der Waals surface area contributed by atoms with Crippen molar-refractivity contribution in [1.29, 1.82) is 5.26 Å². The molecule has 0 aliphatic carbocycles. The lowest BCUT2D eigenvalue weighted by Gasteiger charge is -2.37. The van der Waals surface area contributed by atoms with Gasteiger partial charge in [-0.2, -0.15) is 5.26 Å². The van der Waals surface area contributed by atoms with E-state index in [4.69, 9.17) is 5.26 Å². The maximum Gasteiger partial charge on any atom is 0.270 e. The minimum absolute atomic E-state index is 0.00242. The lowest BCUT2D eigenvalue weighted by Crippen LogP contribution is -2.45. The Morgan fingerprint density at radius 2 is 1.62 bits per heavy atom. The van der Waals surface area contributed by atoms with Crippen LogP contribution in [0.4, 0.5) is 8.78 Å². The third-order valence-electron chi connectivity index (χ3n) is 8.19. The van der Waals surface area contributed by atoms with Gasteiger partial charge in [-0.3, -0.25) is 19.5 Å². The molecule has 0 atom stereocenters. The second kappa shape index (κ2) is 12.6. The van der Waals surface area contributed by atoms with Crippen molar-refractivity contribution in [2.45, 2.75) is 43.9 Å². The topological polar surface area (TPSA) is 89.3 Å². The quantitative estimate of drug-likeness (QED) is 0.378. The van der Waals surface area contributed by atoms with E-state index < -0.39 is 17.3 Å². The molecule has 0 bridgehead atoms. The lowest BCUT2D eigenvalue weighted by atomic mass is 9.85. The zero-order valence-corrected chi connectivity index (χ0v) is 23.4. The first kappa shape index (κ1) is 29.1. The normalized spacial score (nSPS) is 17.3. The highest BCUT2D eigenvalue weighted by Crippen LogP contribution is 2.33. The van der Waals surface area contributed by atoms with Gasteiger partial charge < -0.3 is 10.2 Å². The van der Waals surface area contributed by atoms with E-state index in [1.165, 1.54) is 12.1 Å². The fraction of sp³-hybridized carbons (Fsp3) is 0.333. The maximum absolute atomic E-state index is 15.5. The van der Waals surface area contributed by atoms with E-state index in [-0.39, 0.29) is 30.4 Å². The van der Waals surface area contributed by atoms with E-state index in [0.29, 0.717) is 30.0 Å². The molecule has 0 unspecified atom stereocenters. The Hall–Kier alpha value is -4.42. The summed E-state index contributed by atoms with van der Waals surface area (Å²) < 4.78 is 28.7. The Kier molecular flexibility index (Phi) is 8.74. The van der Waals surface area contributed by atoms with Crippen molar-refractivity contribution in [3.63, 3.8) is 0 Å². The van der Waals surface area contributed by atoms with E-state index in [9.17, 15) is 14.0 Å². The molecule has 5 rings (SSSR count). The first-order chi connectivity index (χ1) is 20.2. The second-order valence-corrected chi connectivity index (χ2v) is 11.0. The molecule has 2 aliphatic heterocycles. The van der Waals surface area contributed by atoms with Gasteiger partial charge in [-0.1, -0.05) is 18.7 Å². The number of carbonyl (C=O) groups excluding carboxylic acids is 2. The predicted octanol–water partition coefficient (Wildman–Crippen LogP) is 5.14. The molecule has 2 saturated heterocycles. The molecule has 7 nitrogen and oxygen atoms in total. The van der Waals surface area contributed by atoms with E-state index in [1.807, 2.05) is 29.2 Å². The molecule has 0 spiro atoms. The minimum Gasteiger partial charge on any atom is -0.371 e. The smallest absolute Gasteiger partial charge is 0.270 e. The Balaban J connectivity index is 1.08. The molecule has 3 heterocycles. The van der Waals surface area contributed by atoms with Crippen LogP contribution < -0.4 is 5.32 Å². The standard InChI is InChI=1S/C33H33F2N5O2/c1-23(40-18-14-33(35,15-19-40)31(41)26-6-9-28(34)10-7-26)27-8-11-30(37-21-27)32(42)38-29-12-16-39(17-13-29)22-25-4-2-24(20-36)3-5-25/h2-11,21,29H,1,12-19,22H2,(H,38,42). The van der Waals surface area contributed by atoms with Crippen LogP contribution in [0, 0.1) is 17.1 Å². The van der Waals surface area contributed by atoms with Crippen LogP contribution in [0.25, 0.3) is 5.70 Å². The SMILES string of the molecule is C=C(c1ccc(C(=O)NC2CCN(Cc3ccc(C#N)cc3)CC2)nc1)N1CCC(F)(C(=O)c2ccc(F)cc2)CC1. The summed E-state index contributed by atoms with van der Waals surface area (Å²) in [4.78, 5) is 34.2. The second-order valence-electron chi connectivity index (χ2n) is 11.0. The maximum atomic E-state index is 15.5. The number of hydrogen-bond donors (Lipinski definition) is 1. The number of carbonyl (C=O) groups is 2. The van der Waals surface area contributed by atoms with Crippen LogP contribution in [-0.2, 0) is 6.54 Å². The number of nitriles is 1. The fourth-order valence-electron chi connectivity index (χ4n) is 5.54. The van der Waals surface area contributed by atoms with Crippen molar-refractivity contribution in [1.82, 2.24) is 20.1 Å². The minimum atomic E-state index is -2.01. The van der Waals surface area contributed by atoms with Crippen LogP contribution >= 0.6 is 0 Å². The number of nitrogens with one attached hydrogen (secondary N) is 1. The van der Waals surface area contributed by atoms with Crippen LogP contribution in [0.3, 0.4) is 0 Å². The van der Waals surface area contributed by atoms with E-state index in [0.717, 1.165) is 55.7 Å². The lowest BCUT2D eigenvalue weighted by molar-refractivity contribution is 0.0500. The number of hydrogen-bond acceptors (Lipinski definition) is 6. The number of rotatable bonds is 8. The first-order valence-electron chi connectivity index (χ1n) is 14.2. The molecular formula is C33H33F2N5O2. The number of piperidine rings is 2. The van der Waals surface area contributed by atoms with Gasteiger partial charge in [-0.05, 0) is 66.9 Å². The predicted molar refractivity (Wildman–Crippen MR) is 156 cm³/mol. The Bertz CT molecular complexity index is 1470. The third-order valence-corrected chi connectivity index (χ3v) is 8.19. The summed E-state index contributed by atoms with van der Waals surface area (Å²) in [5.74, 6) is -1.32. The van der Waals surface area contributed by atoms with Crippen LogP contribution in [0.1, 0.15) is 63.2 Å². The fourth-order valence-corrected chi connectivity index (χ4v) is 5.54. The number of amides is 1. The molecule has 216 valence electrons. The van der Waals surface area contributed by atoms with Crippen molar-refractivity contribution >= 4 is 17.4 Å². The third kappa shape index (κ3) is 6.72. The molecule has 1 N–H and O–H groups in total. The monoisotopic (exact) mass is 569 g/mol. The van der Waals surface area contributed by atoms with Gasteiger partial charge in [0.2, 0.25) is 0 Å². The number of aromatic nitrogens is 1. The molecule has 0 saturated carbocycles. The summed E-state index contributed by atoms with van der Waals surface area (Å²) in [6, 6.07) is 18.2. The molecule has 42 heavy (non-hydrogen) atoms. The molecule has 3 aromatic rings. The van der Waals surface area contributed by atoms with Crippen LogP contribution in [0.5, 0.6) is 0 Å². The van der Waals surface area contributed by atoms with Gasteiger partial charge in [0.15, 0.2) is 11.5 Å². The number of ketones is 1. The molecule has 1 amide bonds. The molecule has 2 aliphatic rings. The van der Waals surface area contributed by atoms with Gasteiger partial charge in [-0.25, -0.2) is 8.78 Å². The van der Waals surface area contributed by atoms with Gasteiger partial charge in [0, 0.05) is 74.6 Å². The summed E-state index contributed by atoms with van der Waals surface area (Å²) in [5.41, 5.74) is 1.66. The average Bonchev–Trinajstić information content (AvgIpc) is 3.02. The van der Waals surface area contributed by atoms with Gasteiger partial charge in [0.25, 0.3) is 5.91 Å². The van der Waals surface area contributed by atoms with Crippen LogP contribution in [0.2, 0.25) is 0 Å². The highest BCUT2D eigenvalue weighted by Gasteiger charge is 2.42. The summed E-state index contributed by atoms with van der Waals surface area (Å²) in [7, 11) is 0. The molecular weight excluding hydrogens is 536 g/mol. The summed E-state index contributed by atoms with van der Waals surface area (Å²) in [5, 5.41) is 12.1. The van der Waals surface area contributed by atoms with Crippen molar-refractivity contribution in [2.24, 2.45) is 0 Å². The summed E-state index contributed by atoms with van der Waals surface area (Å²) >= 11 is 0. The van der Waals surface area contributed by atoms with Crippen LogP contribution in [0.15, 0.2) is 73.4 Å². The van der Waals surface area contributed by atoms with Crippen molar-refractivity contribution < 1.29 is 18.4 Å². The summed E-state index contributed by atoms with van der Waals surface area (Å²) in [6.45, 7) is 7.28. The number of alkyl halides is 1. The van der Waals surface area contributed by atoms with E-state index in [1.54, 1.807) is 18.3 Å². The highest BCUT2D eigenvalue weighted by molar-refractivity contribution is 6.02. The first-order valence-corrected chi connectivity index (χ1v) is 14.2.